The Balaban J connectivity index is 1.16. The van der Waals surface area contributed by atoms with E-state index in [-0.39, 0.29) is 5.41 Å². The largest absolute Gasteiger partial charge is 0.456 e. The molecular weight excluding hydrogens is 603 g/mol. The van der Waals surface area contributed by atoms with E-state index in [1.807, 2.05) is 17.4 Å². The third kappa shape index (κ3) is 3.36. The molecule has 0 aliphatic heterocycles. The lowest BCUT2D eigenvalue weighted by Gasteiger charge is -2.21. The Kier molecular flexibility index (Phi) is 5.09. The van der Waals surface area contributed by atoms with Gasteiger partial charge < -0.3 is 8.98 Å². The third-order valence-electron chi connectivity index (χ3n) is 10.8. The summed E-state index contributed by atoms with van der Waals surface area (Å²) in [4.78, 5) is 0. The average Bonchev–Trinajstić information content (AvgIpc) is 3.84. The number of aromatic nitrogens is 1. The molecule has 3 heterocycles. The van der Waals surface area contributed by atoms with Gasteiger partial charge in [0.15, 0.2) is 0 Å². The number of hydrogen-bond donors (Lipinski definition) is 0. The molecule has 7 aromatic carbocycles. The second-order valence-electron chi connectivity index (χ2n) is 13.7. The number of furan rings is 1. The van der Waals surface area contributed by atoms with Gasteiger partial charge in [-0.15, -0.1) is 11.3 Å². The van der Waals surface area contributed by atoms with E-state index in [9.17, 15) is 0 Å². The molecule has 1 aliphatic rings. The fourth-order valence-electron chi connectivity index (χ4n) is 8.58. The molecule has 10 aromatic rings. The lowest BCUT2D eigenvalue weighted by molar-refractivity contribution is 0.661. The van der Waals surface area contributed by atoms with Crippen LogP contribution in [0, 0.1) is 0 Å². The maximum Gasteiger partial charge on any atom is 0.136 e. The molecule has 48 heavy (non-hydrogen) atoms. The number of hydrogen-bond acceptors (Lipinski definition) is 2. The van der Waals surface area contributed by atoms with Crippen LogP contribution >= 0.6 is 11.3 Å². The van der Waals surface area contributed by atoms with E-state index in [0.29, 0.717) is 0 Å². The van der Waals surface area contributed by atoms with Crippen molar-refractivity contribution in [2.24, 2.45) is 0 Å². The van der Waals surface area contributed by atoms with Crippen LogP contribution in [0.2, 0.25) is 0 Å². The first kappa shape index (κ1) is 26.4. The molecule has 0 amide bonds. The van der Waals surface area contributed by atoms with Crippen molar-refractivity contribution >= 4 is 75.3 Å². The van der Waals surface area contributed by atoms with Gasteiger partial charge in [0, 0.05) is 58.4 Å². The lowest BCUT2D eigenvalue weighted by atomic mass is 9.82. The van der Waals surface area contributed by atoms with Gasteiger partial charge in [0.1, 0.15) is 11.2 Å². The first-order valence-electron chi connectivity index (χ1n) is 16.6. The molecule has 0 atom stereocenters. The van der Waals surface area contributed by atoms with Crippen LogP contribution in [0.25, 0.3) is 91.9 Å². The minimum absolute atomic E-state index is 0.0610. The Bertz CT molecular complexity index is 2990. The van der Waals surface area contributed by atoms with Crippen molar-refractivity contribution in [1.29, 1.82) is 0 Å². The molecule has 11 rings (SSSR count). The highest BCUT2D eigenvalue weighted by atomic mass is 32.1. The molecule has 0 saturated carbocycles. The van der Waals surface area contributed by atoms with E-state index in [4.69, 9.17) is 4.42 Å². The van der Waals surface area contributed by atoms with Gasteiger partial charge >= 0.3 is 0 Å². The Morgan fingerprint density at radius 3 is 2.17 bits per heavy atom. The summed E-state index contributed by atoms with van der Waals surface area (Å²) in [5, 5.41) is 7.51. The Labute approximate surface area is 281 Å². The second kappa shape index (κ2) is 9.25. The number of fused-ring (bicyclic) bond motifs is 12. The van der Waals surface area contributed by atoms with Crippen molar-refractivity contribution in [3.8, 4) is 27.9 Å². The van der Waals surface area contributed by atoms with Crippen LogP contribution in [0.3, 0.4) is 0 Å². The fraction of sp³-hybridized carbons (Fsp3) is 0.0667. The van der Waals surface area contributed by atoms with Crippen LogP contribution in [0.4, 0.5) is 0 Å². The van der Waals surface area contributed by atoms with Crippen LogP contribution in [0.1, 0.15) is 25.0 Å². The molecule has 1 aliphatic carbocycles. The smallest absolute Gasteiger partial charge is 0.136 e. The molecule has 0 unspecified atom stereocenters. The summed E-state index contributed by atoms with van der Waals surface area (Å²) >= 11 is 1.88. The van der Waals surface area contributed by atoms with E-state index in [1.165, 1.54) is 86.4 Å². The van der Waals surface area contributed by atoms with E-state index < -0.39 is 0 Å². The summed E-state index contributed by atoms with van der Waals surface area (Å²) < 4.78 is 11.4. The van der Waals surface area contributed by atoms with Crippen molar-refractivity contribution < 1.29 is 4.42 Å². The number of para-hydroxylation sites is 2. The molecule has 0 bridgehead atoms. The van der Waals surface area contributed by atoms with Gasteiger partial charge in [0.05, 0.1) is 11.0 Å². The van der Waals surface area contributed by atoms with E-state index in [2.05, 4.69) is 152 Å². The number of thiophene rings is 1. The zero-order chi connectivity index (χ0) is 31.7. The molecule has 2 nitrogen and oxygen atoms in total. The topological polar surface area (TPSA) is 18.1 Å². The predicted octanol–water partition coefficient (Wildman–Crippen LogP) is 13.0. The van der Waals surface area contributed by atoms with E-state index in [1.54, 1.807) is 0 Å². The van der Waals surface area contributed by atoms with Gasteiger partial charge in [-0.3, -0.25) is 0 Å². The quantitative estimate of drug-likeness (QED) is 0.186. The third-order valence-corrected chi connectivity index (χ3v) is 12.0. The molecule has 0 fully saturated rings. The van der Waals surface area contributed by atoms with Crippen molar-refractivity contribution in [2.45, 2.75) is 19.3 Å². The van der Waals surface area contributed by atoms with Gasteiger partial charge in [-0.2, -0.15) is 0 Å². The van der Waals surface area contributed by atoms with Gasteiger partial charge in [-0.25, -0.2) is 0 Å². The second-order valence-corrected chi connectivity index (χ2v) is 14.7. The Hall–Kier alpha value is -5.64. The van der Waals surface area contributed by atoms with Gasteiger partial charge in [0.2, 0.25) is 0 Å². The van der Waals surface area contributed by atoms with E-state index in [0.717, 1.165) is 16.6 Å². The molecule has 3 heteroatoms. The van der Waals surface area contributed by atoms with E-state index >= 15 is 0 Å². The van der Waals surface area contributed by atoms with Crippen LogP contribution < -0.4 is 0 Å². The van der Waals surface area contributed by atoms with Crippen molar-refractivity contribution in [3.05, 3.63) is 151 Å². The van der Waals surface area contributed by atoms with Gasteiger partial charge in [0.25, 0.3) is 0 Å². The minimum atomic E-state index is -0.0610. The number of rotatable bonds is 2. The molecule has 0 saturated heterocycles. The fourth-order valence-corrected chi connectivity index (χ4v) is 9.79. The van der Waals surface area contributed by atoms with Crippen LogP contribution in [0.15, 0.2) is 144 Å². The van der Waals surface area contributed by atoms with Crippen LogP contribution in [-0.2, 0) is 5.41 Å². The molecule has 3 aromatic heterocycles. The van der Waals surface area contributed by atoms with Crippen LogP contribution in [0.5, 0.6) is 0 Å². The normalized spacial score (nSPS) is 13.8. The Morgan fingerprint density at radius 2 is 1.23 bits per heavy atom. The monoisotopic (exact) mass is 631 g/mol. The average molecular weight is 632 g/mol. The predicted molar refractivity (Wildman–Crippen MR) is 204 cm³/mol. The maximum absolute atomic E-state index is 6.27. The van der Waals surface area contributed by atoms with Gasteiger partial charge in [-0.05, 0) is 76.3 Å². The minimum Gasteiger partial charge on any atom is -0.456 e. The first-order valence-corrected chi connectivity index (χ1v) is 17.4. The molecule has 0 N–H and O–H groups in total. The Morgan fingerprint density at radius 1 is 0.500 bits per heavy atom. The number of nitrogens with zero attached hydrogens (tertiary/aromatic N) is 1. The molecule has 226 valence electrons. The first-order chi connectivity index (χ1) is 23.6. The highest BCUT2D eigenvalue weighted by Crippen LogP contribution is 2.51. The highest BCUT2D eigenvalue weighted by molar-refractivity contribution is 7.26. The van der Waals surface area contributed by atoms with Crippen molar-refractivity contribution in [2.75, 3.05) is 0 Å². The summed E-state index contributed by atoms with van der Waals surface area (Å²) in [6.45, 7) is 4.73. The SMILES string of the molecule is CC1(C)c2ccccc2-c2cc3c4ccccc4n(-c4ccc5sc6c(-c7cccc8oc9ccccc9c78)cccc6c5c4)c3cc21. The van der Waals surface area contributed by atoms with Crippen molar-refractivity contribution in [1.82, 2.24) is 4.57 Å². The summed E-state index contributed by atoms with van der Waals surface area (Å²) in [5.74, 6) is 0. The summed E-state index contributed by atoms with van der Waals surface area (Å²) in [6, 6.07) is 51.3. The maximum atomic E-state index is 6.27. The molecule has 0 spiro atoms. The summed E-state index contributed by atoms with van der Waals surface area (Å²) in [5.41, 5.74) is 13.5. The van der Waals surface area contributed by atoms with Crippen molar-refractivity contribution in [3.63, 3.8) is 0 Å². The zero-order valence-corrected chi connectivity index (χ0v) is 27.4. The standard InChI is InChI=1S/C45H29NOS/c1-45(2)36-17-6-3-11-27(36)33-24-34-28-12-4-7-18-38(28)46(39(34)25-37(33)45)26-21-22-42-35(23-26)31-16-9-15-30(44(31)48-42)29-14-10-20-41-43(29)32-13-5-8-19-40(32)47-41/h3-25H,1-2H3. The number of benzene rings is 7. The van der Waals surface area contributed by atoms with Gasteiger partial charge in [-0.1, -0.05) is 105 Å². The summed E-state index contributed by atoms with van der Waals surface area (Å²) in [6.07, 6.45) is 0. The lowest BCUT2D eigenvalue weighted by Crippen LogP contribution is -2.14. The zero-order valence-electron chi connectivity index (χ0n) is 26.5. The molecule has 0 radical (unpaired) electrons. The van der Waals surface area contributed by atoms with Crippen LogP contribution in [-0.4, -0.2) is 4.57 Å². The highest BCUT2D eigenvalue weighted by Gasteiger charge is 2.36. The molecular formula is C45H29NOS. The summed E-state index contributed by atoms with van der Waals surface area (Å²) in [7, 11) is 0.